The molecule has 0 fully saturated rings. The first kappa shape index (κ1) is 13.8. The quantitative estimate of drug-likeness (QED) is 0.922. The van der Waals surface area contributed by atoms with Gasteiger partial charge in [-0.15, -0.1) is 11.3 Å². The van der Waals surface area contributed by atoms with E-state index in [1.54, 1.807) is 17.5 Å². The first-order valence-corrected chi connectivity index (χ1v) is 7.05. The number of benzene rings is 1. The highest BCUT2D eigenvalue weighted by atomic mass is 35.5. The molecule has 1 amide bonds. The lowest BCUT2D eigenvalue weighted by Gasteiger charge is -2.03. The summed E-state index contributed by atoms with van der Waals surface area (Å²) < 4.78 is 5.56. The summed E-state index contributed by atoms with van der Waals surface area (Å²) in [6.07, 6.45) is 0. The number of hydrogen-bond donors (Lipinski definition) is 1. The van der Waals surface area contributed by atoms with Gasteiger partial charge in [-0.1, -0.05) is 17.7 Å². The fourth-order valence-electron chi connectivity index (χ4n) is 1.43. The zero-order valence-electron chi connectivity index (χ0n) is 10.4. The number of rotatable bonds is 5. The van der Waals surface area contributed by atoms with E-state index in [0.29, 0.717) is 29.6 Å². The lowest BCUT2D eigenvalue weighted by atomic mass is 10.3. The monoisotopic (exact) mass is 296 g/mol. The van der Waals surface area contributed by atoms with Crippen LogP contribution in [-0.4, -0.2) is 17.4 Å². The molecule has 0 saturated heterocycles. The number of thiazole rings is 1. The predicted octanol–water partition coefficient (Wildman–Crippen LogP) is 3.13. The van der Waals surface area contributed by atoms with Gasteiger partial charge in [0.2, 0.25) is 0 Å². The highest BCUT2D eigenvalue weighted by Crippen LogP contribution is 2.19. The van der Waals surface area contributed by atoms with Crippen LogP contribution >= 0.6 is 22.9 Å². The van der Waals surface area contributed by atoms with Crippen LogP contribution in [0.25, 0.3) is 0 Å². The van der Waals surface area contributed by atoms with Crippen molar-refractivity contribution < 1.29 is 9.53 Å². The Morgan fingerprint density at radius 1 is 1.53 bits per heavy atom. The molecule has 0 aliphatic carbocycles. The maximum absolute atomic E-state index is 11.6. The molecule has 4 nitrogen and oxygen atoms in total. The van der Waals surface area contributed by atoms with Crippen LogP contribution in [-0.2, 0) is 6.61 Å². The molecule has 2 rings (SSSR count). The number of carbonyl (C=O) groups excluding carboxylic acids is 1. The number of halogens is 1. The molecule has 0 aliphatic rings. The van der Waals surface area contributed by atoms with E-state index in [-0.39, 0.29) is 5.91 Å². The second kappa shape index (κ2) is 6.54. The molecule has 0 spiro atoms. The summed E-state index contributed by atoms with van der Waals surface area (Å²) in [4.78, 5) is 15.8. The number of hydrogen-bond acceptors (Lipinski definition) is 4. The maximum Gasteiger partial charge on any atom is 0.270 e. The number of aromatic nitrogens is 1. The summed E-state index contributed by atoms with van der Waals surface area (Å²) in [5.41, 5.74) is 0.427. The Bertz CT molecular complexity index is 571. The number of carbonyl (C=O) groups is 1. The standard InChI is InChI=1S/C13H13ClN2O2S/c1-2-15-13(17)11-8-19-12(16-11)7-18-10-5-3-4-9(14)6-10/h3-6,8H,2,7H2,1H3,(H,15,17). The molecular formula is C13H13ClN2O2S. The Balaban J connectivity index is 1.95. The van der Waals surface area contributed by atoms with Crippen LogP contribution in [0.15, 0.2) is 29.6 Å². The molecule has 6 heteroatoms. The third kappa shape index (κ3) is 3.94. The van der Waals surface area contributed by atoms with Gasteiger partial charge in [-0.3, -0.25) is 4.79 Å². The molecule has 0 saturated carbocycles. The molecule has 0 atom stereocenters. The molecule has 1 heterocycles. The van der Waals surface area contributed by atoms with Crippen molar-refractivity contribution in [2.45, 2.75) is 13.5 Å². The zero-order valence-corrected chi connectivity index (χ0v) is 11.9. The van der Waals surface area contributed by atoms with Gasteiger partial charge in [0.25, 0.3) is 5.91 Å². The normalized spacial score (nSPS) is 10.2. The topological polar surface area (TPSA) is 51.2 Å². The van der Waals surface area contributed by atoms with Crippen LogP contribution in [0, 0.1) is 0 Å². The second-order valence-corrected chi connectivity index (χ2v) is 5.11. The predicted molar refractivity (Wildman–Crippen MR) is 75.9 cm³/mol. The first-order chi connectivity index (χ1) is 9.19. The minimum absolute atomic E-state index is 0.159. The largest absolute Gasteiger partial charge is 0.486 e. The minimum Gasteiger partial charge on any atom is -0.486 e. The fraction of sp³-hybridized carbons (Fsp3) is 0.231. The maximum atomic E-state index is 11.6. The van der Waals surface area contributed by atoms with Crippen LogP contribution in [0.1, 0.15) is 22.4 Å². The van der Waals surface area contributed by atoms with E-state index < -0.39 is 0 Å². The highest BCUT2D eigenvalue weighted by Gasteiger charge is 2.09. The Morgan fingerprint density at radius 2 is 2.37 bits per heavy atom. The smallest absolute Gasteiger partial charge is 0.270 e. The summed E-state index contributed by atoms with van der Waals surface area (Å²) in [6.45, 7) is 2.78. The zero-order chi connectivity index (χ0) is 13.7. The van der Waals surface area contributed by atoms with E-state index in [1.807, 2.05) is 19.1 Å². The van der Waals surface area contributed by atoms with Gasteiger partial charge in [-0.05, 0) is 25.1 Å². The highest BCUT2D eigenvalue weighted by molar-refractivity contribution is 7.09. The molecular weight excluding hydrogens is 284 g/mol. The van der Waals surface area contributed by atoms with E-state index in [9.17, 15) is 4.79 Å². The second-order valence-electron chi connectivity index (χ2n) is 3.73. The summed E-state index contributed by atoms with van der Waals surface area (Å²) >= 11 is 7.26. The lowest BCUT2D eigenvalue weighted by Crippen LogP contribution is -2.22. The van der Waals surface area contributed by atoms with Crippen molar-refractivity contribution in [3.8, 4) is 5.75 Å². The van der Waals surface area contributed by atoms with Crippen molar-refractivity contribution in [2.24, 2.45) is 0 Å². The molecule has 100 valence electrons. The third-order valence-electron chi connectivity index (χ3n) is 2.28. The molecule has 0 unspecified atom stereocenters. The van der Waals surface area contributed by atoms with E-state index in [2.05, 4.69) is 10.3 Å². The van der Waals surface area contributed by atoms with Gasteiger partial charge >= 0.3 is 0 Å². The van der Waals surface area contributed by atoms with Crippen molar-refractivity contribution in [1.82, 2.24) is 10.3 Å². The number of nitrogens with zero attached hydrogens (tertiary/aromatic N) is 1. The molecule has 0 aliphatic heterocycles. The molecule has 2 aromatic rings. The Hall–Kier alpha value is -1.59. The summed E-state index contributed by atoms with van der Waals surface area (Å²) in [5.74, 6) is 0.523. The van der Waals surface area contributed by atoms with Crippen LogP contribution in [0.2, 0.25) is 5.02 Å². The van der Waals surface area contributed by atoms with Crippen LogP contribution < -0.4 is 10.1 Å². The first-order valence-electron chi connectivity index (χ1n) is 5.80. The van der Waals surface area contributed by atoms with Gasteiger partial charge in [0.15, 0.2) is 0 Å². The summed E-state index contributed by atoms with van der Waals surface area (Å²) in [6, 6.07) is 7.16. The van der Waals surface area contributed by atoms with Gasteiger partial charge in [-0.2, -0.15) is 0 Å². The van der Waals surface area contributed by atoms with Gasteiger partial charge in [0.1, 0.15) is 23.1 Å². The number of ether oxygens (including phenoxy) is 1. The van der Waals surface area contributed by atoms with Crippen molar-refractivity contribution in [3.63, 3.8) is 0 Å². The summed E-state index contributed by atoms with van der Waals surface area (Å²) in [5, 5.41) is 5.80. The van der Waals surface area contributed by atoms with Crippen LogP contribution in [0.3, 0.4) is 0 Å². The van der Waals surface area contributed by atoms with E-state index in [4.69, 9.17) is 16.3 Å². The van der Waals surface area contributed by atoms with Crippen molar-refractivity contribution in [2.75, 3.05) is 6.54 Å². The molecule has 1 aromatic heterocycles. The molecule has 1 aromatic carbocycles. The number of nitrogens with one attached hydrogen (secondary N) is 1. The molecule has 0 bridgehead atoms. The SMILES string of the molecule is CCNC(=O)c1csc(COc2cccc(Cl)c2)n1. The third-order valence-corrected chi connectivity index (χ3v) is 3.34. The Morgan fingerprint density at radius 3 is 3.11 bits per heavy atom. The molecule has 1 N–H and O–H groups in total. The van der Waals surface area contributed by atoms with Crippen molar-refractivity contribution in [1.29, 1.82) is 0 Å². The average molecular weight is 297 g/mol. The Kier molecular flexibility index (Phi) is 4.76. The minimum atomic E-state index is -0.159. The van der Waals surface area contributed by atoms with E-state index in [0.717, 1.165) is 5.01 Å². The van der Waals surface area contributed by atoms with Gasteiger partial charge in [-0.25, -0.2) is 4.98 Å². The van der Waals surface area contributed by atoms with Gasteiger partial charge < -0.3 is 10.1 Å². The molecule has 19 heavy (non-hydrogen) atoms. The summed E-state index contributed by atoms with van der Waals surface area (Å²) in [7, 11) is 0. The number of amides is 1. The van der Waals surface area contributed by atoms with Crippen LogP contribution in [0.5, 0.6) is 5.75 Å². The van der Waals surface area contributed by atoms with Crippen molar-refractivity contribution in [3.05, 3.63) is 45.4 Å². The Labute approximate surface area is 120 Å². The van der Waals surface area contributed by atoms with Gasteiger partial charge in [0.05, 0.1) is 0 Å². The van der Waals surface area contributed by atoms with Crippen molar-refractivity contribution >= 4 is 28.8 Å². The van der Waals surface area contributed by atoms with E-state index in [1.165, 1.54) is 11.3 Å². The van der Waals surface area contributed by atoms with E-state index >= 15 is 0 Å². The average Bonchev–Trinajstić information content (AvgIpc) is 2.86. The molecule has 0 radical (unpaired) electrons. The fourth-order valence-corrected chi connectivity index (χ4v) is 2.30. The van der Waals surface area contributed by atoms with Crippen LogP contribution in [0.4, 0.5) is 0 Å². The van der Waals surface area contributed by atoms with Gasteiger partial charge in [0, 0.05) is 16.9 Å². The lowest BCUT2D eigenvalue weighted by molar-refractivity contribution is 0.0951.